The Balaban J connectivity index is 1.83. The van der Waals surface area contributed by atoms with E-state index >= 15 is 0 Å². The zero-order valence-electron chi connectivity index (χ0n) is 14.1. The van der Waals surface area contributed by atoms with Gasteiger partial charge in [-0.1, -0.05) is 12.8 Å². The third kappa shape index (κ3) is 4.05. The van der Waals surface area contributed by atoms with E-state index in [1.165, 1.54) is 6.92 Å². The number of rotatable bonds is 6. The molecule has 1 heterocycles. The Hall–Kier alpha value is -2.69. The van der Waals surface area contributed by atoms with E-state index in [4.69, 9.17) is 15.7 Å². The van der Waals surface area contributed by atoms with Gasteiger partial charge in [-0.3, -0.25) is 24.1 Å². The van der Waals surface area contributed by atoms with Crippen LogP contribution in [0.4, 0.5) is 0 Å². The molecule has 1 aliphatic carbocycles. The molecule has 1 aliphatic heterocycles. The van der Waals surface area contributed by atoms with E-state index in [0.717, 1.165) is 17.7 Å². The molecule has 0 aromatic heterocycles. The second-order valence-corrected chi connectivity index (χ2v) is 6.33. The molecule has 1 saturated carbocycles. The van der Waals surface area contributed by atoms with Crippen LogP contribution in [-0.2, 0) is 23.9 Å². The van der Waals surface area contributed by atoms with Crippen molar-refractivity contribution in [3.05, 3.63) is 11.3 Å². The number of nitrogens with two attached hydrogens (primary N) is 1. The third-order valence-electron chi connectivity index (χ3n) is 4.62. The van der Waals surface area contributed by atoms with Gasteiger partial charge in [0.2, 0.25) is 17.6 Å². The van der Waals surface area contributed by atoms with Crippen LogP contribution in [0.5, 0.6) is 0 Å². The number of allylic oxidation sites excluding steroid dienone is 1. The summed E-state index contributed by atoms with van der Waals surface area (Å²) in [6.07, 6.45) is 3.12. The normalized spacial score (nSPS) is 23.6. The fourth-order valence-electron chi connectivity index (χ4n) is 3.32. The Kier molecular flexibility index (Phi) is 5.91. The number of hydrogen-bond donors (Lipinski definition) is 1. The Labute approximate surface area is 145 Å². The van der Waals surface area contributed by atoms with Crippen LogP contribution in [0.3, 0.4) is 0 Å². The summed E-state index contributed by atoms with van der Waals surface area (Å²) >= 11 is 0. The molecular formula is C17H21N3O5. The second kappa shape index (κ2) is 7.92. The van der Waals surface area contributed by atoms with E-state index in [2.05, 4.69) is 0 Å². The zero-order valence-corrected chi connectivity index (χ0v) is 14.1. The first kappa shape index (κ1) is 18.6. The highest BCUT2D eigenvalue weighted by Gasteiger charge is 2.47. The monoisotopic (exact) mass is 347 g/mol. The molecule has 8 nitrogen and oxygen atoms in total. The number of fused-ring (bicyclic) bond motifs is 1. The number of imide groups is 1. The van der Waals surface area contributed by atoms with Crippen molar-refractivity contribution in [2.24, 2.45) is 17.6 Å². The van der Waals surface area contributed by atoms with Crippen molar-refractivity contribution in [2.45, 2.75) is 39.0 Å². The number of ether oxygens (including phenoxy) is 1. The molecule has 0 spiro atoms. The summed E-state index contributed by atoms with van der Waals surface area (Å²) in [5.41, 5.74) is 5.20. The maximum atomic E-state index is 12.3. The largest absolute Gasteiger partial charge is 0.457 e. The first-order chi connectivity index (χ1) is 11.9. The summed E-state index contributed by atoms with van der Waals surface area (Å²) in [7, 11) is 0. The summed E-state index contributed by atoms with van der Waals surface area (Å²) in [6.45, 7) is 0.764. The smallest absolute Gasteiger partial charge is 0.308 e. The minimum Gasteiger partial charge on any atom is -0.457 e. The average Bonchev–Trinajstić information content (AvgIpc) is 2.83. The first-order valence-corrected chi connectivity index (χ1v) is 8.27. The number of esters is 1. The van der Waals surface area contributed by atoms with Gasteiger partial charge < -0.3 is 10.5 Å². The lowest BCUT2D eigenvalue weighted by Crippen LogP contribution is -2.33. The van der Waals surface area contributed by atoms with Crippen molar-refractivity contribution in [3.63, 3.8) is 0 Å². The van der Waals surface area contributed by atoms with Gasteiger partial charge in [-0.25, -0.2) is 0 Å². The number of nitrogens with zero attached hydrogens (tertiary/aromatic N) is 2. The molecule has 2 amide bonds. The molecule has 0 aromatic carbocycles. The summed E-state index contributed by atoms with van der Waals surface area (Å²) in [4.78, 5) is 49.1. The molecule has 0 unspecified atom stereocenters. The van der Waals surface area contributed by atoms with Gasteiger partial charge in [-0.2, -0.15) is 5.26 Å². The molecule has 2 N–H and O–H groups in total. The van der Waals surface area contributed by atoms with Gasteiger partial charge >= 0.3 is 5.97 Å². The van der Waals surface area contributed by atoms with Crippen molar-refractivity contribution in [1.82, 2.24) is 4.90 Å². The summed E-state index contributed by atoms with van der Waals surface area (Å²) in [5.74, 6) is -2.34. The molecule has 0 radical (unpaired) electrons. The van der Waals surface area contributed by atoms with E-state index < -0.39 is 18.4 Å². The zero-order chi connectivity index (χ0) is 18.6. The highest BCUT2D eigenvalue weighted by Crippen LogP contribution is 2.37. The fourth-order valence-corrected chi connectivity index (χ4v) is 3.32. The van der Waals surface area contributed by atoms with Crippen LogP contribution in [0.2, 0.25) is 0 Å². The topological polar surface area (TPSA) is 131 Å². The lowest BCUT2D eigenvalue weighted by molar-refractivity contribution is -0.148. The van der Waals surface area contributed by atoms with Crippen molar-refractivity contribution in [3.8, 4) is 6.07 Å². The average molecular weight is 347 g/mol. The number of likely N-dealkylation sites (tertiary alicyclic amines) is 1. The highest BCUT2D eigenvalue weighted by atomic mass is 16.5. The lowest BCUT2D eigenvalue weighted by atomic mass is 9.81. The molecule has 134 valence electrons. The van der Waals surface area contributed by atoms with Gasteiger partial charge in [-0.05, 0) is 19.8 Å². The van der Waals surface area contributed by atoms with E-state index in [1.807, 2.05) is 0 Å². The Morgan fingerprint density at radius 2 is 1.80 bits per heavy atom. The van der Waals surface area contributed by atoms with Crippen molar-refractivity contribution < 1.29 is 23.9 Å². The molecule has 1 saturated heterocycles. The van der Waals surface area contributed by atoms with Crippen LogP contribution in [0.25, 0.3) is 0 Å². The number of Topliss-reactive ketones (excluding diaryl/α,β-unsaturated/α-hetero) is 1. The van der Waals surface area contributed by atoms with Crippen molar-refractivity contribution in [2.75, 3.05) is 13.2 Å². The minimum absolute atomic E-state index is 0.0471. The van der Waals surface area contributed by atoms with Gasteiger partial charge in [0, 0.05) is 12.2 Å². The molecule has 0 bridgehead atoms. The molecule has 2 aliphatic rings. The molecule has 25 heavy (non-hydrogen) atoms. The number of hydrogen-bond acceptors (Lipinski definition) is 7. The van der Waals surface area contributed by atoms with Gasteiger partial charge in [0.1, 0.15) is 11.6 Å². The Bertz CT molecular complexity index is 648. The van der Waals surface area contributed by atoms with Gasteiger partial charge in [0.15, 0.2) is 6.61 Å². The molecule has 2 rings (SSSR count). The minimum atomic E-state index is -0.712. The number of nitriles is 1. The van der Waals surface area contributed by atoms with Crippen LogP contribution in [0.15, 0.2) is 11.3 Å². The summed E-state index contributed by atoms with van der Waals surface area (Å²) in [6, 6.07) is 1.66. The number of amides is 2. The van der Waals surface area contributed by atoms with Crippen LogP contribution in [-0.4, -0.2) is 41.6 Å². The van der Waals surface area contributed by atoms with Crippen molar-refractivity contribution >= 4 is 23.6 Å². The number of carbonyl (C=O) groups is 4. The quantitative estimate of drug-likeness (QED) is 0.319. The lowest BCUT2D eigenvalue weighted by Gasteiger charge is -2.19. The number of carbonyl (C=O) groups excluding carboxylic acids is 4. The molecule has 2 fully saturated rings. The first-order valence-electron chi connectivity index (χ1n) is 8.27. The SMILES string of the molecule is C/C(N)=C(/C#N)C(=O)COC(=O)CCN1C(=O)[C@H]2CCCC[C@H]2C1=O. The molecule has 8 heteroatoms. The van der Waals surface area contributed by atoms with Crippen molar-refractivity contribution in [1.29, 1.82) is 5.26 Å². The van der Waals surface area contributed by atoms with Crippen LogP contribution in [0, 0.1) is 23.2 Å². The van der Waals surface area contributed by atoms with Crippen LogP contribution in [0.1, 0.15) is 39.0 Å². The third-order valence-corrected chi connectivity index (χ3v) is 4.62. The summed E-state index contributed by atoms with van der Waals surface area (Å²) in [5, 5.41) is 8.81. The van der Waals surface area contributed by atoms with Crippen LogP contribution >= 0.6 is 0 Å². The van der Waals surface area contributed by atoms with E-state index in [1.54, 1.807) is 6.07 Å². The van der Waals surface area contributed by atoms with E-state index in [-0.39, 0.29) is 47.9 Å². The maximum Gasteiger partial charge on any atom is 0.308 e. The Morgan fingerprint density at radius 3 is 2.28 bits per heavy atom. The Morgan fingerprint density at radius 1 is 1.24 bits per heavy atom. The second-order valence-electron chi connectivity index (χ2n) is 6.33. The molecule has 0 aromatic rings. The standard InChI is InChI=1S/C17H21N3O5/c1-10(19)13(8-18)14(21)9-25-15(22)6-7-20-16(23)11-4-2-3-5-12(11)17(20)24/h11-12H,2-7,9,19H2,1H3/b13-10+/t11-,12+. The highest BCUT2D eigenvalue weighted by molar-refractivity contribution is 6.05. The predicted octanol–water partition coefficient (Wildman–Crippen LogP) is 0.420. The maximum absolute atomic E-state index is 12.3. The predicted molar refractivity (Wildman–Crippen MR) is 85.3 cm³/mol. The molecular weight excluding hydrogens is 326 g/mol. The van der Waals surface area contributed by atoms with E-state index in [0.29, 0.717) is 12.8 Å². The molecule has 2 atom stereocenters. The summed E-state index contributed by atoms with van der Waals surface area (Å²) < 4.78 is 4.81. The van der Waals surface area contributed by atoms with Crippen LogP contribution < -0.4 is 5.73 Å². The van der Waals surface area contributed by atoms with Gasteiger partial charge in [0.25, 0.3) is 0 Å². The van der Waals surface area contributed by atoms with E-state index in [9.17, 15) is 19.2 Å². The number of ketones is 1. The van der Waals surface area contributed by atoms with Gasteiger partial charge in [0.05, 0.1) is 18.3 Å². The van der Waals surface area contributed by atoms with Gasteiger partial charge in [-0.15, -0.1) is 0 Å². The fraction of sp³-hybridized carbons (Fsp3) is 0.588.